The molecule has 0 radical (unpaired) electrons. The lowest BCUT2D eigenvalue weighted by Gasteiger charge is -1.99. The molecule has 0 aromatic heterocycles. The summed E-state index contributed by atoms with van der Waals surface area (Å²) in [7, 11) is 0. The van der Waals surface area contributed by atoms with Gasteiger partial charge in [-0.2, -0.15) is 5.26 Å². The Morgan fingerprint density at radius 1 is 1.43 bits per heavy atom. The Hall–Kier alpha value is -1.73. The number of hydrogen-bond acceptors (Lipinski definition) is 3. The topological polar surface area (TPSA) is 61.1 Å². The van der Waals surface area contributed by atoms with E-state index in [9.17, 15) is 4.79 Å². The van der Waals surface area contributed by atoms with E-state index in [0.717, 1.165) is 11.8 Å². The predicted octanol–water partition coefficient (Wildman–Crippen LogP) is 2.33. The van der Waals surface area contributed by atoms with Crippen molar-refractivity contribution in [1.82, 2.24) is 0 Å². The van der Waals surface area contributed by atoms with Crippen LogP contribution in [0.4, 0.5) is 0 Å². The van der Waals surface area contributed by atoms with Crippen molar-refractivity contribution in [3.8, 4) is 5.40 Å². The summed E-state index contributed by atoms with van der Waals surface area (Å²) >= 11 is 0.802. The van der Waals surface area contributed by atoms with Crippen LogP contribution in [0.5, 0.6) is 0 Å². The highest BCUT2D eigenvalue weighted by Gasteiger charge is 2.08. The molecule has 0 aliphatic carbocycles. The van der Waals surface area contributed by atoms with Gasteiger partial charge in [-0.3, -0.25) is 0 Å². The first-order valence-electron chi connectivity index (χ1n) is 3.79. The molecule has 1 N–H and O–H groups in total. The van der Waals surface area contributed by atoms with Crippen molar-refractivity contribution < 1.29 is 9.90 Å². The zero-order chi connectivity index (χ0) is 10.4. The lowest BCUT2D eigenvalue weighted by atomic mass is 10.1. The minimum atomic E-state index is -1.03. The van der Waals surface area contributed by atoms with Crippen molar-refractivity contribution in [3.05, 3.63) is 41.3 Å². The highest BCUT2D eigenvalue weighted by atomic mass is 32.2. The molecule has 1 rings (SSSR count). The Labute approximate surface area is 85.7 Å². The number of carboxylic acid groups (broad SMARTS) is 1. The van der Waals surface area contributed by atoms with Gasteiger partial charge in [0.15, 0.2) is 0 Å². The molecule has 0 fully saturated rings. The Morgan fingerprint density at radius 3 is 2.57 bits per heavy atom. The molecule has 0 aliphatic heterocycles. The van der Waals surface area contributed by atoms with Gasteiger partial charge in [-0.25, -0.2) is 4.79 Å². The predicted molar refractivity (Wildman–Crippen MR) is 55.3 cm³/mol. The molecule has 3 nitrogen and oxygen atoms in total. The second kappa shape index (κ2) is 5.10. The van der Waals surface area contributed by atoms with Crippen LogP contribution in [0.1, 0.15) is 5.56 Å². The van der Waals surface area contributed by atoms with Gasteiger partial charge in [-0.1, -0.05) is 30.3 Å². The maximum atomic E-state index is 10.8. The van der Waals surface area contributed by atoms with Crippen LogP contribution < -0.4 is 0 Å². The van der Waals surface area contributed by atoms with Gasteiger partial charge in [0.05, 0.1) is 5.57 Å². The molecule has 0 saturated heterocycles. The third kappa shape index (κ3) is 2.64. The number of thioether (sulfide) groups is 1. The fraction of sp³-hybridized carbons (Fsp3) is 0. The second-order valence-electron chi connectivity index (χ2n) is 2.41. The normalized spacial score (nSPS) is 10.6. The Balaban J connectivity index is 3.02. The van der Waals surface area contributed by atoms with Gasteiger partial charge in [0, 0.05) is 5.41 Å². The smallest absolute Gasteiger partial charge is 0.336 e. The van der Waals surface area contributed by atoms with Crippen molar-refractivity contribution in [2.45, 2.75) is 0 Å². The Morgan fingerprint density at radius 2 is 2.07 bits per heavy atom. The molecule has 0 saturated carbocycles. The van der Waals surface area contributed by atoms with Gasteiger partial charge in [-0.05, 0) is 17.3 Å². The first-order chi connectivity index (χ1) is 6.75. The highest BCUT2D eigenvalue weighted by Crippen LogP contribution is 2.17. The highest BCUT2D eigenvalue weighted by molar-refractivity contribution is 8.06. The fourth-order valence-corrected chi connectivity index (χ4v) is 1.35. The minimum Gasteiger partial charge on any atom is -0.478 e. The van der Waals surface area contributed by atoms with Crippen molar-refractivity contribution in [2.75, 3.05) is 0 Å². The monoisotopic (exact) mass is 205 g/mol. The van der Waals surface area contributed by atoms with E-state index in [-0.39, 0.29) is 5.57 Å². The lowest BCUT2D eigenvalue weighted by Crippen LogP contribution is -1.98. The quantitative estimate of drug-likeness (QED) is 0.607. The van der Waals surface area contributed by atoms with Gasteiger partial charge in [0.2, 0.25) is 0 Å². The second-order valence-corrected chi connectivity index (χ2v) is 3.07. The molecule has 0 bridgehead atoms. The summed E-state index contributed by atoms with van der Waals surface area (Å²) < 4.78 is 0. The van der Waals surface area contributed by atoms with Crippen molar-refractivity contribution in [3.63, 3.8) is 0 Å². The molecule has 1 aromatic carbocycles. The van der Waals surface area contributed by atoms with Gasteiger partial charge in [0.1, 0.15) is 5.40 Å². The van der Waals surface area contributed by atoms with Gasteiger partial charge in [0.25, 0.3) is 0 Å². The van der Waals surface area contributed by atoms with E-state index in [0.29, 0.717) is 5.56 Å². The number of thiocyanates is 1. The van der Waals surface area contributed by atoms with E-state index in [1.807, 2.05) is 0 Å². The Kier molecular flexibility index (Phi) is 3.77. The van der Waals surface area contributed by atoms with Crippen LogP contribution in [-0.4, -0.2) is 11.1 Å². The third-order valence-electron chi connectivity index (χ3n) is 1.54. The van der Waals surface area contributed by atoms with E-state index in [4.69, 9.17) is 10.4 Å². The maximum Gasteiger partial charge on any atom is 0.336 e. The number of rotatable bonds is 3. The number of benzene rings is 1. The van der Waals surface area contributed by atoms with Crippen LogP contribution in [0.15, 0.2) is 35.7 Å². The molecule has 1 aromatic rings. The molecular formula is C10H7NO2S. The summed E-state index contributed by atoms with van der Waals surface area (Å²) in [6.45, 7) is 0. The molecule has 70 valence electrons. The lowest BCUT2D eigenvalue weighted by molar-refractivity contribution is -0.130. The van der Waals surface area contributed by atoms with E-state index in [2.05, 4.69) is 0 Å². The van der Waals surface area contributed by atoms with Crippen molar-refractivity contribution >= 4 is 23.3 Å². The maximum absolute atomic E-state index is 10.8. The van der Waals surface area contributed by atoms with E-state index in [1.165, 1.54) is 5.41 Å². The number of carbonyl (C=O) groups is 1. The van der Waals surface area contributed by atoms with Gasteiger partial charge in [-0.15, -0.1) is 0 Å². The SMILES string of the molecule is N#CS/C=C(\C(=O)O)c1ccccc1. The molecule has 0 amide bonds. The average molecular weight is 205 g/mol. The van der Waals surface area contributed by atoms with E-state index in [1.54, 1.807) is 35.7 Å². The molecular weight excluding hydrogens is 198 g/mol. The number of aliphatic carboxylic acids is 1. The standard InChI is InChI=1S/C10H7NO2S/c11-7-14-6-9(10(12)13)8-4-2-1-3-5-8/h1-6H,(H,12,13)/b9-6-. The number of nitrogens with zero attached hydrogens (tertiary/aromatic N) is 1. The summed E-state index contributed by atoms with van der Waals surface area (Å²) in [5.41, 5.74) is 0.736. The molecule has 4 heteroatoms. The third-order valence-corrected chi connectivity index (χ3v) is 2.00. The zero-order valence-electron chi connectivity index (χ0n) is 7.18. The van der Waals surface area contributed by atoms with Crippen LogP contribution in [0.25, 0.3) is 5.57 Å². The van der Waals surface area contributed by atoms with Crippen LogP contribution >= 0.6 is 11.8 Å². The minimum absolute atomic E-state index is 0.136. The molecule has 0 atom stereocenters. The molecule has 14 heavy (non-hydrogen) atoms. The van der Waals surface area contributed by atoms with Crippen LogP contribution in [-0.2, 0) is 4.79 Å². The van der Waals surface area contributed by atoms with Crippen molar-refractivity contribution in [2.24, 2.45) is 0 Å². The number of carboxylic acids is 1. The van der Waals surface area contributed by atoms with Crippen LogP contribution in [0.3, 0.4) is 0 Å². The molecule has 0 unspecified atom stereocenters. The fourth-order valence-electron chi connectivity index (χ4n) is 0.945. The first-order valence-corrected chi connectivity index (χ1v) is 4.67. The van der Waals surface area contributed by atoms with Crippen LogP contribution in [0.2, 0.25) is 0 Å². The summed E-state index contributed by atoms with van der Waals surface area (Å²) in [5.74, 6) is -1.03. The summed E-state index contributed by atoms with van der Waals surface area (Å²) in [6.07, 6.45) is 0. The van der Waals surface area contributed by atoms with Gasteiger partial charge < -0.3 is 5.11 Å². The summed E-state index contributed by atoms with van der Waals surface area (Å²) in [6, 6.07) is 8.70. The molecule has 0 heterocycles. The van der Waals surface area contributed by atoms with E-state index < -0.39 is 5.97 Å². The first kappa shape index (κ1) is 10.4. The van der Waals surface area contributed by atoms with Crippen molar-refractivity contribution in [1.29, 1.82) is 5.26 Å². The number of hydrogen-bond donors (Lipinski definition) is 1. The molecule has 0 aliphatic rings. The summed E-state index contributed by atoms with van der Waals surface area (Å²) in [4.78, 5) is 10.8. The largest absolute Gasteiger partial charge is 0.478 e. The zero-order valence-corrected chi connectivity index (χ0v) is 7.99. The average Bonchev–Trinajstić information content (AvgIpc) is 2.19. The summed E-state index contributed by atoms with van der Waals surface area (Å²) in [5, 5.41) is 20.3. The molecule has 0 spiro atoms. The number of nitriles is 1. The van der Waals surface area contributed by atoms with Gasteiger partial charge >= 0.3 is 5.97 Å². The van der Waals surface area contributed by atoms with Crippen LogP contribution in [0, 0.1) is 10.7 Å². The van der Waals surface area contributed by atoms with E-state index >= 15 is 0 Å². The Bertz CT molecular complexity index is 392.